The Balaban J connectivity index is 3.17. The maximum atomic E-state index is 10.3. The van der Waals surface area contributed by atoms with Gasteiger partial charge in [0.25, 0.3) is 0 Å². The van der Waals surface area contributed by atoms with Crippen LogP contribution in [0, 0.1) is 6.92 Å². The Bertz CT molecular complexity index is 74.2. The van der Waals surface area contributed by atoms with Gasteiger partial charge in [0, 0.05) is 6.42 Å². The molecular formula is C6H9O. The molecule has 0 spiro atoms. The van der Waals surface area contributed by atoms with Gasteiger partial charge in [-0.05, 0) is 12.5 Å². The summed E-state index contributed by atoms with van der Waals surface area (Å²) in [6.45, 7) is 6.81. The number of carbonyl (C=O) groups is 1. The lowest BCUT2D eigenvalue weighted by Crippen LogP contribution is -1.87. The fourth-order valence-electron chi connectivity index (χ4n) is 0.276. The zero-order chi connectivity index (χ0) is 5.70. The first-order chi connectivity index (χ1) is 3.31. The molecule has 0 aliphatic carbocycles. The SMILES string of the molecule is [CH2]CCC(=O)C=C. The van der Waals surface area contributed by atoms with E-state index < -0.39 is 0 Å². The third-order valence-electron chi connectivity index (χ3n) is 0.651. The Hall–Kier alpha value is -0.590. The summed E-state index contributed by atoms with van der Waals surface area (Å²) in [6.07, 6.45) is 2.53. The number of allylic oxidation sites excluding steroid dienone is 1. The molecule has 0 aliphatic heterocycles. The standard InChI is InChI=1S/C6H9O/c1-3-5-6(7)4-2/h4H,1-3,5H2. The molecule has 1 heteroatoms. The molecule has 0 saturated heterocycles. The molecule has 0 saturated carbocycles. The second-order valence-corrected chi connectivity index (χ2v) is 1.27. The summed E-state index contributed by atoms with van der Waals surface area (Å²) in [7, 11) is 0. The largest absolute Gasteiger partial charge is 0.295 e. The van der Waals surface area contributed by atoms with Crippen molar-refractivity contribution in [2.45, 2.75) is 12.8 Å². The van der Waals surface area contributed by atoms with Crippen LogP contribution in [0.1, 0.15) is 12.8 Å². The van der Waals surface area contributed by atoms with Gasteiger partial charge in [0.15, 0.2) is 5.78 Å². The van der Waals surface area contributed by atoms with Gasteiger partial charge in [0.05, 0.1) is 0 Å². The second kappa shape index (κ2) is 3.59. The average molecular weight is 97.1 g/mol. The first kappa shape index (κ1) is 6.41. The van der Waals surface area contributed by atoms with Crippen molar-refractivity contribution < 1.29 is 4.79 Å². The zero-order valence-corrected chi connectivity index (χ0v) is 4.31. The van der Waals surface area contributed by atoms with Gasteiger partial charge >= 0.3 is 0 Å². The van der Waals surface area contributed by atoms with E-state index in [1.54, 1.807) is 0 Å². The Labute approximate surface area is 44.0 Å². The van der Waals surface area contributed by atoms with Crippen LogP contribution in [-0.4, -0.2) is 5.78 Å². The minimum absolute atomic E-state index is 0.0787. The topological polar surface area (TPSA) is 17.1 Å². The van der Waals surface area contributed by atoms with Crippen molar-refractivity contribution in [1.29, 1.82) is 0 Å². The van der Waals surface area contributed by atoms with Crippen molar-refractivity contribution in [1.82, 2.24) is 0 Å². The van der Waals surface area contributed by atoms with Crippen LogP contribution >= 0.6 is 0 Å². The molecule has 0 fully saturated rings. The summed E-state index contributed by atoms with van der Waals surface area (Å²) >= 11 is 0. The van der Waals surface area contributed by atoms with Crippen LogP contribution in [0.25, 0.3) is 0 Å². The lowest BCUT2D eigenvalue weighted by Gasteiger charge is -1.82. The molecule has 0 atom stereocenters. The fourth-order valence-corrected chi connectivity index (χ4v) is 0.276. The average Bonchev–Trinajstić information content (AvgIpc) is 1.68. The molecule has 0 rings (SSSR count). The number of carbonyl (C=O) groups excluding carboxylic acids is 1. The van der Waals surface area contributed by atoms with E-state index in [9.17, 15) is 4.79 Å². The summed E-state index contributed by atoms with van der Waals surface area (Å²) < 4.78 is 0. The van der Waals surface area contributed by atoms with E-state index in [-0.39, 0.29) is 5.78 Å². The Morgan fingerprint density at radius 2 is 2.29 bits per heavy atom. The molecule has 0 bridgehead atoms. The quantitative estimate of drug-likeness (QED) is 0.486. The third-order valence-corrected chi connectivity index (χ3v) is 0.651. The van der Waals surface area contributed by atoms with Gasteiger partial charge in [-0.3, -0.25) is 4.79 Å². The number of ketones is 1. The van der Waals surface area contributed by atoms with E-state index in [0.717, 1.165) is 0 Å². The lowest BCUT2D eigenvalue weighted by molar-refractivity contribution is -0.114. The smallest absolute Gasteiger partial charge is 0.155 e. The molecule has 0 aromatic carbocycles. The normalized spacial score (nSPS) is 8.14. The summed E-state index contributed by atoms with van der Waals surface area (Å²) in [5.41, 5.74) is 0. The predicted molar refractivity (Wildman–Crippen MR) is 29.8 cm³/mol. The monoisotopic (exact) mass is 97.1 g/mol. The summed E-state index contributed by atoms with van der Waals surface area (Å²) in [5, 5.41) is 0. The number of hydrogen-bond donors (Lipinski definition) is 0. The maximum Gasteiger partial charge on any atom is 0.155 e. The first-order valence-electron chi connectivity index (χ1n) is 2.25. The van der Waals surface area contributed by atoms with Crippen LogP contribution in [0.15, 0.2) is 12.7 Å². The van der Waals surface area contributed by atoms with Gasteiger partial charge in [-0.2, -0.15) is 0 Å². The molecule has 1 radical (unpaired) electrons. The zero-order valence-electron chi connectivity index (χ0n) is 4.31. The Morgan fingerprint density at radius 1 is 1.71 bits per heavy atom. The third kappa shape index (κ3) is 3.23. The molecular weight excluding hydrogens is 88.1 g/mol. The Kier molecular flexibility index (Phi) is 3.29. The van der Waals surface area contributed by atoms with E-state index in [4.69, 9.17) is 0 Å². The van der Waals surface area contributed by atoms with Gasteiger partial charge < -0.3 is 0 Å². The van der Waals surface area contributed by atoms with Gasteiger partial charge in [-0.1, -0.05) is 13.5 Å². The summed E-state index contributed by atoms with van der Waals surface area (Å²) in [5.74, 6) is 0.0787. The van der Waals surface area contributed by atoms with Gasteiger partial charge in [-0.25, -0.2) is 0 Å². The predicted octanol–water partition coefficient (Wildman–Crippen LogP) is 1.36. The van der Waals surface area contributed by atoms with Crippen molar-refractivity contribution in [2.75, 3.05) is 0 Å². The van der Waals surface area contributed by atoms with Crippen molar-refractivity contribution in [3.63, 3.8) is 0 Å². The summed E-state index contributed by atoms with van der Waals surface area (Å²) in [6, 6.07) is 0. The molecule has 0 aromatic rings. The summed E-state index contributed by atoms with van der Waals surface area (Å²) in [4.78, 5) is 10.3. The van der Waals surface area contributed by atoms with Crippen LogP contribution in [0.4, 0.5) is 0 Å². The molecule has 0 N–H and O–H groups in total. The molecule has 0 aliphatic rings. The number of rotatable bonds is 3. The Morgan fingerprint density at radius 3 is 2.43 bits per heavy atom. The van der Waals surface area contributed by atoms with Gasteiger partial charge in [0.2, 0.25) is 0 Å². The highest BCUT2D eigenvalue weighted by Gasteiger charge is 1.87. The van der Waals surface area contributed by atoms with Crippen LogP contribution in [0.2, 0.25) is 0 Å². The van der Waals surface area contributed by atoms with Crippen LogP contribution in [0.5, 0.6) is 0 Å². The highest BCUT2D eigenvalue weighted by Crippen LogP contribution is 1.86. The molecule has 0 amide bonds. The molecule has 0 unspecified atom stereocenters. The minimum atomic E-state index is 0.0787. The van der Waals surface area contributed by atoms with Crippen LogP contribution in [-0.2, 0) is 4.79 Å². The van der Waals surface area contributed by atoms with E-state index >= 15 is 0 Å². The van der Waals surface area contributed by atoms with Crippen LogP contribution < -0.4 is 0 Å². The fraction of sp³-hybridized carbons (Fsp3) is 0.333. The maximum absolute atomic E-state index is 10.3. The molecule has 0 heterocycles. The van der Waals surface area contributed by atoms with Crippen molar-refractivity contribution in [3.05, 3.63) is 19.6 Å². The number of hydrogen-bond acceptors (Lipinski definition) is 1. The first-order valence-corrected chi connectivity index (χ1v) is 2.25. The van der Waals surface area contributed by atoms with Gasteiger partial charge in [0.1, 0.15) is 0 Å². The van der Waals surface area contributed by atoms with Crippen molar-refractivity contribution >= 4 is 5.78 Å². The molecule has 1 nitrogen and oxygen atoms in total. The highest BCUT2D eigenvalue weighted by atomic mass is 16.1. The molecule has 0 aromatic heterocycles. The van der Waals surface area contributed by atoms with Crippen molar-refractivity contribution in [2.24, 2.45) is 0 Å². The van der Waals surface area contributed by atoms with E-state index in [0.29, 0.717) is 12.8 Å². The van der Waals surface area contributed by atoms with E-state index in [2.05, 4.69) is 13.5 Å². The molecule has 39 valence electrons. The minimum Gasteiger partial charge on any atom is -0.295 e. The molecule has 7 heavy (non-hydrogen) atoms. The van der Waals surface area contributed by atoms with Crippen molar-refractivity contribution in [3.8, 4) is 0 Å². The van der Waals surface area contributed by atoms with Crippen LogP contribution in [0.3, 0.4) is 0 Å². The lowest BCUT2D eigenvalue weighted by atomic mass is 10.2. The van der Waals surface area contributed by atoms with Gasteiger partial charge in [-0.15, -0.1) is 0 Å². The van der Waals surface area contributed by atoms with E-state index in [1.165, 1.54) is 6.08 Å². The second-order valence-electron chi connectivity index (χ2n) is 1.27. The highest BCUT2D eigenvalue weighted by molar-refractivity contribution is 5.88. The van der Waals surface area contributed by atoms with E-state index in [1.807, 2.05) is 0 Å².